The van der Waals surface area contributed by atoms with Gasteiger partial charge in [0.05, 0.1) is 19.6 Å². The van der Waals surface area contributed by atoms with E-state index in [2.05, 4.69) is 19.6 Å². The van der Waals surface area contributed by atoms with Crippen molar-refractivity contribution in [2.75, 3.05) is 13.7 Å². The summed E-state index contributed by atoms with van der Waals surface area (Å²) < 4.78 is 16.4. The van der Waals surface area contributed by atoms with E-state index in [1.807, 2.05) is 0 Å². The zero-order chi connectivity index (χ0) is 12.0. The maximum absolute atomic E-state index is 11.5. The van der Waals surface area contributed by atoms with Crippen LogP contribution in [0, 0.1) is 5.92 Å². The molecule has 0 aromatic heterocycles. The summed E-state index contributed by atoms with van der Waals surface area (Å²) in [4.78, 5) is 11.5. The third-order valence-corrected chi connectivity index (χ3v) is 3.77. The first kappa shape index (κ1) is 11.8. The molecule has 0 saturated carbocycles. The molecule has 0 unspecified atom stereocenters. The van der Waals surface area contributed by atoms with Crippen molar-refractivity contribution in [1.29, 1.82) is 0 Å². The van der Waals surface area contributed by atoms with E-state index in [1.165, 1.54) is 7.11 Å². The summed E-state index contributed by atoms with van der Waals surface area (Å²) in [5, 5.41) is 0. The third kappa shape index (κ3) is 1.83. The lowest BCUT2D eigenvalue weighted by Gasteiger charge is -2.43. The Hall–Kier alpha value is -0.653. The molecule has 0 spiro atoms. The summed E-state index contributed by atoms with van der Waals surface area (Å²) >= 11 is 0. The standard InChI is InChI=1S/C11H18O4Si/c1-13-10(12)8-7-11(15-16(2,3)4)9(8)5-6-14-11/h7,9H,5-6H2,1-4H3/t9-,11-/m0/s1. The van der Waals surface area contributed by atoms with Gasteiger partial charge in [0.2, 0.25) is 0 Å². The van der Waals surface area contributed by atoms with Gasteiger partial charge in [0.25, 0.3) is 0 Å². The average molecular weight is 242 g/mol. The highest BCUT2D eigenvalue weighted by Crippen LogP contribution is 2.49. The second-order valence-electron chi connectivity index (χ2n) is 5.22. The van der Waals surface area contributed by atoms with Crippen LogP contribution in [0.25, 0.3) is 0 Å². The van der Waals surface area contributed by atoms with Gasteiger partial charge in [0.1, 0.15) is 0 Å². The maximum atomic E-state index is 11.5. The Morgan fingerprint density at radius 2 is 2.25 bits per heavy atom. The first-order chi connectivity index (χ1) is 7.38. The Morgan fingerprint density at radius 1 is 1.56 bits per heavy atom. The fourth-order valence-electron chi connectivity index (χ4n) is 2.30. The number of esters is 1. The Labute approximate surface area is 96.7 Å². The van der Waals surface area contributed by atoms with E-state index in [4.69, 9.17) is 13.9 Å². The quantitative estimate of drug-likeness (QED) is 0.558. The monoisotopic (exact) mass is 242 g/mol. The molecule has 1 fully saturated rings. The minimum atomic E-state index is -1.68. The lowest BCUT2D eigenvalue weighted by molar-refractivity contribution is -0.161. The smallest absolute Gasteiger partial charge is 0.334 e. The minimum Gasteiger partial charge on any atom is -0.466 e. The van der Waals surface area contributed by atoms with Gasteiger partial charge in [-0.05, 0) is 32.1 Å². The van der Waals surface area contributed by atoms with Gasteiger partial charge in [-0.2, -0.15) is 0 Å². The second kappa shape index (κ2) is 3.68. The van der Waals surface area contributed by atoms with Gasteiger partial charge in [-0.1, -0.05) is 0 Å². The molecule has 2 aliphatic rings. The summed E-state index contributed by atoms with van der Waals surface area (Å²) in [5.41, 5.74) is 0.707. The van der Waals surface area contributed by atoms with Gasteiger partial charge >= 0.3 is 5.97 Å². The number of carbonyl (C=O) groups excluding carboxylic acids is 1. The molecule has 0 amide bonds. The van der Waals surface area contributed by atoms with Gasteiger partial charge in [0.15, 0.2) is 14.1 Å². The molecule has 1 heterocycles. The molecular weight excluding hydrogens is 224 g/mol. The molecule has 1 aliphatic carbocycles. The van der Waals surface area contributed by atoms with Crippen LogP contribution >= 0.6 is 0 Å². The fraction of sp³-hybridized carbons (Fsp3) is 0.727. The van der Waals surface area contributed by atoms with E-state index in [1.54, 1.807) is 6.08 Å². The summed E-state index contributed by atoms with van der Waals surface area (Å²) in [6, 6.07) is 0. The van der Waals surface area contributed by atoms with Crippen molar-refractivity contribution in [3.63, 3.8) is 0 Å². The van der Waals surface area contributed by atoms with E-state index in [9.17, 15) is 4.79 Å². The van der Waals surface area contributed by atoms with Crippen LogP contribution in [-0.2, 0) is 18.7 Å². The SMILES string of the molecule is COC(=O)C1=C[C@@]2(O[Si](C)(C)C)OCC[C@@H]12. The third-order valence-electron chi connectivity index (χ3n) is 2.84. The first-order valence-electron chi connectivity index (χ1n) is 5.53. The number of carbonyl (C=O) groups is 1. The van der Waals surface area contributed by atoms with Crippen molar-refractivity contribution in [3.05, 3.63) is 11.6 Å². The van der Waals surface area contributed by atoms with Crippen LogP contribution in [0.2, 0.25) is 19.6 Å². The summed E-state index contributed by atoms with van der Waals surface area (Å²) in [7, 11) is -0.280. The normalized spacial score (nSPS) is 32.8. The molecule has 0 aromatic carbocycles. The predicted molar refractivity (Wildman–Crippen MR) is 61.3 cm³/mol. The fourth-order valence-corrected chi connectivity index (χ4v) is 3.52. The van der Waals surface area contributed by atoms with Crippen LogP contribution in [0.3, 0.4) is 0 Å². The molecule has 1 saturated heterocycles. The van der Waals surface area contributed by atoms with Crippen molar-refractivity contribution in [1.82, 2.24) is 0 Å². The van der Waals surface area contributed by atoms with E-state index in [-0.39, 0.29) is 11.9 Å². The highest BCUT2D eigenvalue weighted by atomic mass is 28.4. The van der Waals surface area contributed by atoms with E-state index >= 15 is 0 Å². The Balaban J connectivity index is 2.18. The summed E-state index contributed by atoms with van der Waals surface area (Å²) in [5.74, 6) is -0.828. The lowest BCUT2D eigenvalue weighted by Crippen LogP contribution is -2.52. The van der Waals surface area contributed by atoms with E-state index < -0.39 is 14.1 Å². The Morgan fingerprint density at radius 3 is 2.81 bits per heavy atom. The van der Waals surface area contributed by atoms with Crippen molar-refractivity contribution in [2.24, 2.45) is 5.92 Å². The summed E-state index contributed by atoms with van der Waals surface area (Å²) in [6.07, 6.45) is 2.63. The van der Waals surface area contributed by atoms with Crippen LogP contribution in [-0.4, -0.2) is 33.8 Å². The molecule has 0 radical (unpaired) electrons. The minimum absolute atomic E-state index is 0.0617. The highest BCUT2D eigenvalue weighted by molar-refractivity contribution is 6.69. The van der Waals surface area contributed by atoms with Gasteiger partial charge in [-0.3, -0.25) is 0 Å². The Kier molecular flexibility index (Phi) is 2.72. The number of hydrogen-bond acceptors (Lipinski definition) is 4. The molecule has 0 bridgehead atoms. The van der Waals surface area contributed by atoms with Gasteiger partial charge in [-0.15, -0.1) is 0 Å². The molecule has 16 heavy (non-hydrogen) atoms. The molecule has 0 N–H and O–H groups in total. The highest BCUT2D eigenvalue weighted by Gasteiger charge is 2.56. The van der Waals surface area contributed by atoms with E-state index in [0.29, 0.717) is 12.2 Å². The molecule has 90 valence electrons. The first-order valence-corrected chi connectivity index (χ1v) is 8.94. The Bertz CT molecular complexity index is 344. The summed E-state index contributed by atoms with van der Waals surface area (Å²) in [6.45, 7) is 6.99. The topological polar surface area (TPSA) is 44.8 Å². The van der Waals surface area contributed by atoms with Gasteiger partial charge in [-0.25, -0.2) is 4.79 Å². The van der Waals surface area contributed by atoms with Crippen LogP contribution in [0.5, 0.6) is 0 Å². The number of methoxy groups -OCH3 is 1. The van der Waals surface area contributed by atoms with Crippen LogP contribution in [0.15, 0.2) is 11.6 Å². The number of fused-ring (bicyclic) bond motifs is 1. The number of rotatable bonds is 3. The molecule has 5 heteroatoms. The van der Waals surface area contributed by atoms with Crippen molar-refractivity contribution in [2.45, 2.75) is 31.8 Å². The van der Waals surface area contributed by atoms with Crippen molar-refractivity contribution < 1.29 is 18.7 Å². The average Bonchev–Trinajstić information content (AvgIpc) is 2.43. The van der Waals surface area contributed by atoms with Crippen LogP contribution < -0.4 is 0 Å². The number of hydrogen-bond donors (Lipinski definition) is 0. The van der Waals surface area contributed by atoms with Crippen molar-refractivity contribution >= 4 is 14.3 Å². The number of ether oxygens (including phenoxy) is 2. The second-order valence-corrected chi connectivity index (χ2v) is 9.65. The zero-order valence-electron chi connectivity index (χ0n) is 10.2. The maximum Gasteiger partial charge on any atom is 0.334 e. The molecule has 1 aliphatic heterocycles. The van der Waals surface area contributed by atoms with Crippen LogP contribution in [0.4, 0.5) is 0 Å². The van der Waals surface area contributed by atoms with Gasteiger partial charge < -0.3 is 13.9 Å². The zero-order valence-corrected chi connectivity index (χ0v) is 11.2. The predicted octanol–water partition coefficient (Wildman–Crippen LogP) is 1.68. The van der Waals surface area contributed by atoms with Crippen molar-refractivity contribution in [3.8, 4) is 0 Å². The van der Waals surface area contributed by atoms with E-state index in [0.717, 1.165) is 6.42 Å². The molecule has 4 nitrogen and oxygen atoms in total. The van der Waals surface area contributed by atoms with Gasteiger partial charge in [0, 0.05) is 5.57 Å². The molecule has 2 atom stereocenters. The largest absolute Gasteiger partial charge is 0.466 e. The van der Waals surface area contributed by atoms with Crippen LogP contribution in [0.1, 0.15) is 6.42 Å². The molecular formula is C11H18O4Si. The molecule has 0 aromatic rings. The lowest BCUT2D eigenvalue weighted by atomic mass is 9.78. The molecule has 2 rings (SSSR count).